The van der Waals surface area contributed by atoms with Crippen LogP contribution in [0.3, 0.4) is 0 Å². The number of anilines is 1. The van der Waals surface area contributed by atoms with Gasteiger partial charge in [0.15, 0.2) is 0 Å². The molecule has 0 unspecified atom stereocenters. The molecule has 1 saturated heterocycles. The molecule has 5 heteroatoms. The summed E-state index contributed by atoms with van der Waals surface area (Å²) in [5.74, 6) is 0.601. The molecule has 1 aliphatic rings. The van der Waals surface area contributed by atoms with E-state index in [0.717, 1.165) is 31.6 Å². The normalized spacial score (nSPS) is 17.2. The van der Waals surface area contributed by atoms with Gasteiger partial charge in [-0.2, -0.15) is 5.10 Å². The van der Waals surface area contributed by atoms with E-state index < -0.39 is 0 Å². The van der Waals surface area contributed by atoms with Gasteiger partial charge < -0.3 is 4.90 Å². The smallest absolute Gasteiger partial charge is 0.282 e. The van der Waals surface area contributed by atoms with Crippen molar-refractivity contribution in [3.05, 3.63) is 33.7 Å². The molecule has 17 heavy (non-hydrogen) atoms. The summed E-state index contributed by atoms with van der Waals surface area (Å²) >= 11 is 3.36. The van der Waals surface area contributed by atoms with Crippen LogP contribution in [-0.4, -0.2) is 22.9 Å². The van der Waals surface area contributed by atoms with E-state index in [1.807, 2.05) is 6.08 Å². The highest BCUT2D eigenvalue weighted by molar-refractivity contribution is 9.10. The summed E-state index contributed by atoms with van der Waals surface area (Å²) in [6.07, 6.45) is 5.95. The van der Waals surface area contributed by atoms with Gasteiger partial charge in [-0.05, 0) is 34.7 Å². The lowest BCUT2D eigenvalue weighted by atomic mass is 9.97. The van der Waals surface area contributed by atoms with Crippen LogP contribution in [0, 0.1) is 5.92 Å². The van der Waals surface area contributed by atoms with Gasteiger partial charge in [-0.25, -0.2) is 4.68 Å². The average Bonchev–Trinajstić information content (AvgIpc) is 2.36. The monoisotopic (exact) mass is 297 g/mol. The maximum atomic E-state index is 11.8. The van der Waals surface area contributed by atoms with E-state index in [4.69, 9.17) is 0 Å². The molecule has 1 fully saturated rings. The molecule has 1 aromatic rings. The van der Waals surface area contributed by atoms with E-state index in [2.05, 4.69) is 32.5 Å². The lowest BCUT2D eigenvalue weighted by molar-refractivity contribution is 0.478. The molecular weight excluding hydrogens is 282 g/mol. The summed E-state index contributed by atoms with van der Waals surface area (Å²) in [5.41, 5.74) is 0.809. The number of aryl methyl sites for hydroxylation is 1. The average molecular weight is 298 g/mol. The van der Waals surface area contributed by atoms with Gasteiger partial charge in [0.05, 0.1) is 11.9 Å². The quantitative estimate of drug-likeness (QED) is 0.783. The summed E-state index contributed by atoms with van der Waals surface area (Å²) < 4.78 is 1.94. The molecule has 0 N–H and O–H groups in total. The van der Waals surface area contributed by atoms with E-state index in [1.54, 1.807) is 13.2 Å². The molecule has 1 aromatic heterocycles. The van der Waals surface area contributed by atoms with Crippen LogP contribution >= 0.6 is 15.9 Å². The van der Waals surface area contributed by atoms with E-state index in [1.165, 1.54) is 4.68 Å². The van der Waals surface area contributed by atoms with Gasteiger partial charge >= 0.3 is 0 Å². The summed E-state index contributed by atoms with van der Waals surface area (Å²) in [5, 5.41) is 4.07. The number of hydrogen-bond donors (Lipinski definition) is 0. The minimum atomic E-state index is -0.0895. The predicted molar refractivity (Wildman–Crippen MR) is 72.3 cm³/mol. The molecule has 0 amide bonds. The number of aromatic nitrogens is 2. The van der Waals surface area contributed by atoms with Crippen molar-refractivity contribution >= 4 is 21.6 Å². The third-order valence-corrected chi connectivity index (χ3v) is 4.02. The summed E-state index contributed by atoms with van der Waals surface area (Å²) in [6.45, 7) is 5.73. The first kappa shape index (κ1) is 12.4. The molecule has 0 bridgehead atoms. The number of allylic oxidation sites excluding steroid dienone is 1. The van der Waals surface area contributed by atoms with Crippen molar-refractivity contribution in [1.82, 2.24) is 9.78 Å². The zero-order chi connectivity index (χ0) is 12.4. The van der Waals surface area contributed by atoms with Crippen molar-refractivity contribution in [2.75, 3.05) is 18.0 Å². The van der Waals surface area contributed by atoms with Gasteiger partial charge in [0, 0.05) is 20.1 Å². The Kier molecular flexibility index (Phi) is 3.66. The maximum absolute atomic E-state index is 11.8. The summed E-state index contributed by atoms with van der Waals surface area (Å²) in [4.78, 5) is 14.0. The minimum absolute atomic E-state index is 0.0895. The molecule has 92 valence electrons. The van der Waals surface area contributed by atoms with Crippen molar-refractivity contribution in [2.45, 2.75) is 12.8 Å². The number of nitrogens with zero attached hydrogens (tertiary/aromatic N) is 3. The molecule has 0 saturated carbocycles. The Morgan fingerprint density at radius 1 is 1.53 bits per heavy atom. The second kappa shape index (κ2) is 5.04. The van der Waals surface area contributed by atoms with Gasteiger partial charge in [-0.1, -0.05) is 6.08 Å². The molecule has 0 aromatic carbocycles. The Morgan fingerprint density at radius 2 is 2.18 bits per heavy atom. The van der Waals surface area contributed by atoms with E-state index in [9.17, 15) is 4.79 Å². The molecule has 0 aliphatic carbocycles. The standard InChI is InChI=1S/C12H16BrN3O/c1-3-9-4-6-16(7-5-9)10-8-14-15(2)12(17)11(10)13/h3,8-9H,1,4-7H2,2H3. The predicted octanol–water partition coefficient (Wildman–Crippen LogP) is 1.95. The second-order valence-corrected chi connectivity index (χ2v) is 5.13. The van der Waals surface area contributed by atoms with Crippen LogP contribution in [0.15, 0.2) is 28.1 Å². The SMILES string of the molecule is C=CC1CCN(c2cnn(C)c(=O)c2Br)CC1. The molecule has 1 aliphatic heterocycles. The van der Waals surface area contributed by atoms with Crippen LogP contribution < -0.4 is 10.5 Å². The highest BCUT2D eigenvalue weighted by Gasteiger charge is 2.20. The number of rotatable bonds is 2. The Bertz CT molecular complexity index is 475. The van der Waals surface area contributed by atoms with Crippen LogP contribution in [-0.2, 0) is 7.05 Å². The van der Waals surface area contributed by atoms with Crippen LogP contribution in [0.1, 0.15) is 12.8 Å². The van der Waals surface area contributed by atoms with Crippen molar-refractivity contribution in [3.8, 4) is 0 Å². The zero-order valence-electron chi connectivity index (χ0n) is 9.90. The minimum Gasteiger partial charge on any atom is -0.369 e. The Labute approximate surface area is 109 Å². The van der Waals surface area contributed by atoms with Crippen LogP contribution in [0.25, 0.3) is 0 Å². The van der Waals surface area contributed by atoms with Gasteiger partial charge in [0.25, 0.3) is 5.56 Å². The molecule has 2 rings (SSSR count). The first-order chi connectivity index (χ1) is 8.13. The maximum Gasteiger partial charge on any atom is 0.282 e. The largest absolute Gasteiger partial charge is 0.369 e. The fourth-order valence-electron chi connectivity index (χ4n) is 2.10. The number of piperidine rings is 1. The first-order valence-corrected chi connectivity index (χ1v) is 6.52. The van der Waals surface area contributed by atoms with Crippen LogP contribution in [0.5, 0.6) is 0 Å². The Hall–Kier alpha value is -1.10. The summed E-state index contributed by atoms with van der Waals surface area (Å²) in [6, 6.07) is 0. The molecule has 4 nitrogen and oxygen atoms in total. The van der Waals surface area contributed by atoms with Crippen molar-refractivity contribution < 1.29 is 0 Å². The number of hydrogen-bond acceptors (Lipinski definition) is 3. The van der Waals surface area contributed by atoms with E-state index in [-0.39, 0.29) is 5.56 Å². The lowest BCUT2D eigenvalue weighted by Crippen LogP contribution is -2.35. The van der Waals surface area contributed by atoms with Gasteiger partial charge in [-0.3, -0.25) is 4.79 Å². The molecular formula is C12H16BrN3O. The van der Waals surface area contributed by atoms with E-state index in [0.29, 0.717) is 10.4 Å². The Morgan fingerprint density at radius 3 is 2.76 bits per heavy atom. The molecule has 0 spiro atoms. The third kappa shape index (κ3) is 2.44. The topological polar surface area (TPSA) is 38.1 Å². The molecule has 2 heterocycles. The van der Waals surface area contributed by atoms with Crippen molar-refractivity contribution in [1.29, 1.82) is 0 Å². The lowest BCUT2D eigenvalue weighted by Gasteiger charge is -2.32. The van der Waals surface area contributed by atoms with Gasteiger partial charge in [-0.15, -0.1) is 6.58 Å². The van der Waals surface area contributed by atoms with Gasteiger partial charge in [0.1, 0.15) is 4.47 Å². The summed E-state index contributed by atoms with van der Waals surface area (Å²) in [7, 11) is 1.65. The Balaban J connectivity index is 2.22. The highest BCUT2D eigenvalue weighted by atomic mass is 79.9. The van der Waals surface area contributed by atoms with Crippen molar-refractivity contribution in [2.24, 2.45) is 13.0 Å². The third-order valence-electron chi connectivity index (χ3n) is 3.27. The fraction of sp³-hybridized carbons (Fsp3) is 0.500. The highest BCUT2D eigenvalue weighted by Crippen LogP contribution is 2.27. The zero-order valence-corrected chi connectivity index (χ0v) is 11.5. The fourth-order valence-corrected chi connectivity index (χ4v) is 2.71. The molecule has 0 radical (unpaired) electrons. The number of halogens is 1. The van der Waals surface area contributed by atoms with Crippen molar-refractivity contribution in [3.63, 3.8) is 0 Å². The van der Waals surface area contributed by atoms with Gasteiger partial charge in [0.2, 0.25) is 0 Å². The van der Waals surface area contributed by atoms with Crippen LogP contribution in [0.4, 0.5) is 5.69 Å². The van der Waals surface area contributed by atoms with E-state index >= 15 is 0 Å². The second-order valence-electron chi connectivity index (χ2n) is 4.33. The first-order valence-electron chi connectivity index (χ1n) is 5.72. The molecule has 0 atom stereocenters. The van der Waals surface area contributed by atoms with Crippen LogP contribution in [0.2, 0.25) is 0 Å².